The fourth-order valence-corrected chi connectivity index (χ4v) is 3.39. The maximum atomic E-state index is 13.1. The Balaban J connectivity index is 1.76. The maximum Gasteiger partial charge on any atom is 0.237 e. The lowest BCUT2D eigenvalue weighted by Gasteiger charge is -2.14. The molecule has 6 nitrogen and oxygen atoms in total. The van der Waals surface area contributed by atoms with Gasteiger partial charge in [0, 0.05) is 0 Å². The summed E-state index contributed by atoms with van der Waals surface area (Å²) in [6, 6.07) is 11.2. The molecule has 0 bridgehead atoms. The highest BCUT2D eigenvalue weighted by atomic mass is 35.5. The Bertz CT molecular complexity index is 966. The normalized spacial score (nSPS) is 11.9. The zero-order valence-corrected chi connectivity index (χ0v) is 16.1. The molecule has 0 aliphatic heterocycles. The summed E-state index contributed by atoms with van der Waals surface area (Å²) < 4.78 is 20.2. The molecule has 9 heteroatoms. The Morgan fingerprint density at radius 1 is 1.33 bits per heavy atom. The number of nitrogens with zero attached hydrogens (tertiary/aromatic N) is 3. The van der Waals surface area contributed by atoms with Crippen molar-refractivity contribution in [3.8, 4) is 11.4 Å². The number of halogens is 2. The number of methoxy groups -OCH3 is 1. The largest absolute Gasteiger partial charge is 0.495 e. The zero-order chi connectivity index (χ0) is 19.4. The van der Waals surface area contributed by atoms with Crippen LogP contribution >= 0.6 is 23.4 Å². The van der Waals surface area contributed by atoms with E-state index in [-0.39, 0.29) is 10.9 Å². The lowest BCUT2D eigenvalue weighted by atomic mass is 10.3. The molecular weight excluding hydrogens is 391 g/mol. The number of hydrogen-bond donors (Lipinski definition) is 1. The number of thioether (sulfide) groups is 1. The van der Waals surface area contributed by atoms with Crippen molar-refractivity contribution in [3.05, 3.63) is 59.6 Å². The fourth-order valence-electron chi connectivity index (χ4n) is 2.34. The first kappa shape index (κ1) is 19.2. The molecule has 0 saturated carbocycles. The maximum absolute atomic E-state index is 13.1. The van der Waals surface area contributed by atoms with Crippen molar-refractivity contribution >= 4 is 35.0 Å². The lowest BCUT2D eigenvalue weighted by molar-refractivity contribution is -0.115. The molecule has 3 aromatic rings. The quantitative estimate of drug-likeness (QED) is 0.622. The molecule has 1 atom stereocenters. The topological polar surface area (TPSA) is 69.0 Å². The van der Waals surface area contributed by atoms with Crippen LogP contribution in [-0.2, 0) is 4.79 Å². The molecule has 3 rings (SSSR count). The van der Waals surface area contributed by atoms with Crippen LogP contribution < -0.4 is 10.1 Å². The van der Waals surface area contributed by atoms with Crippen LogP contribution in [-0.4, -0.2) is 33.0 Å². The van der Waals surface area contributed by atoms with Crippen LogP contribution in [0.15, 0.2) is 53.9 Å². The third kappa shape index (κ3) is 4.40. The average Bonchev–Trinajstić information content (AvgIpc) is 3.11. The molecule has 140 valence electrons. The minimum absolute atomic E-state index is 0.137. The van der Waals surface area contributed by atoms with E-state index >= 15 is 0 Å². The minimum Gasteiger partial charge on any atom is -0.495 e. The van der Waals surface area contributed by atoms with Crippen LogP contribution in [0.25, 0.3) is 5.69 Å². The number of ether oxygens (including phenoxy) is 1. The molecule has 1 N–H and O–H groups in total. The SMILES string of the molecule is COc1ccccc1-n1cnnc1SC(C)C(=O)Nc1ccc(F)cc1Cl. The molecule has 27 heavy (non-hydrogen) atoms. The Labute approximate surface area is 164 Å². The van der Waals surface area contributed by atoms with Gasteiger partial charge in [0.15, 0.2) is 5.16 Å². The molecule has 0 aliphatic carbocycles. The number of para-hydroxylation sites is 2. The number of benzene rings is 2. The minimum atomic E-state index is -0.497. The number of amides is 1. The van der Waals surface area contributed by atoms with Crippen molar-refractivity contribution in [2.24, 2.45) is 0 Å². The molecule has 0 radical (unpaired) electrons. The van der Waals surface area contributed by atoms with Crippen molar-refractivity contribution in [2.45, 2.75) is 17.3 Å². The van der Waals surface area contributed by atoms with Gasteiger partial charge >= 0.3 is 0 Å². The third-order valence-electron chi connectivity index (χ3n) is 3.70. The van der Waals surface area contributed by atoms with E-state index in [0.717, 1.165) is 11.8 Å². The van der Waals surface area contributed by atoms with Crippen molar-refractivity contribution in [3.63, 3.8) is 0 Å². The van der Waals surface area contributed by atoms with Crippen molar-refractivity contribution < 1.29 is 13.9 Å². The number of aromatic nitrogens is 3. The zero-order valence-electron chi connectivity index (χ0n) is 14.5. The van der Waals surface area contributed by atoms with Gasteiger partial charge in [0.25, 0.3) is 0 Å². The highest BCUT2D eigenvalue weighted by Gasteiger charge is 2.20. The molecule has 2 aromatic carbocycles. The number of carbonyl (C=O) groups excluding carboxylic acids is 1. The molecule has 1 amide bonds. The van der Waals surface area contributed by atoms with Crippen molar-refractivity contribution in [1.29, 1.82) is 0 Å². The number of hydrogen-bond acceptors (Lipinski definition) is 5. The second-order valence-electron chi connectivity index (χ2n) is 5.53. The van der Waals surface area contributed by atoms with Crippen LogP contribution in [0.5, 0.6) is 5.75 Å². The van der Waals surface area contributed by atoms with E-state index in [2.05, 4.69) is 15.5 Å². The van der Waals surface area contributed by atoms with Gasteiger partial charge in [0.2, 0.25) is 5.91 Å². The van der Waals surface area contributed by atoms with Gasteiger partial charge in [0.1, 0.15) is 17.9 Å². The average molecular weight is 407 g/mol. The number of rotatable bonds is 6. The summed E-state index contributed by atoms with van der Waals surface area (Å²) in [6.07, 6.45) is 1.56. The smallest absolute Gasteiger partial charge is 0.237 e. The second kappa shape index (κ2) is 8.41. The number of anilines is 1. The monoisotopic (exact) mass is 406 g/mol. The first-order valence-electron chi connectivity index (χ1n) is 7.95. The molecule has 0 spiro atoms. The molecule has 0 fully saturated rings. The van der Waals surface area contributed by atoms with E-state index in [4.69, 9.17) is 16.3 Å². The highest BCUT2D eigenvalue weighted by molar-refractivity contribution is 8.00. The summed E-state index contributed by atoms with van der Waals surface area (Å²) in [5, 5.41) is 10.9. The summed E-state index contributed by atoms with van der Waals surface area (Å²) >= 11 is 7.19. The highest BCUT2D eigenvalue weighted by Crippen LogP contribution is 2.29. The Morgan fingerprint density at radius 2 is 2.11 bits per heavy atom. The summed E-state index contributed by atoms with van der Waals surface area (Å²) in [4.78, 5) is 12.5. The number of nitrogens with one attached hydrogen (secondary N) is 1. The summed E-state index contributed by atoms with van der Waals surface area (Å²) in [7, 11) is 1.58. The van der Waals surface area contributed by atoms with E-state index < -0.39 is 11.1 Å². The van der Waals surface area contributed by atoms with Gasteiger partial charge in [0.05, 0.1) is 28.8 Å². The first-order valence-corrected chi connectivity index (χ1v) is 9.21. The van der Waals surface area contributed by atoms with Gasteiger partial charge in [-0.05, 0) is 37.3 Å². The van der Waals surface area contributed by atoms with E-state index in [9.17, 15) is 9.18 Å². The Hall–Kier alpha value is -2.58. The van der Waals surface area contributed by atoms with Crippen LogP contribution in [0.3, 0.4) is 0 Å². The van der Waals surface area contributed by atoms with E-state index in [1.54, 1.807) is 24.9 Å². The predicted octanol–water partition coefficient (Wildman–Crippen LogP) is 4.19. The van der Waals surface area contributed by atoms with Crippen molar-refractivity contribution in [1.82, 2.24) is 14.8 Å². The van der Waals surface area contributed by atoms with Crippen LogP contribution in [0.1, 0.15) is 6.92 Å². The number of carbonyl (C=O) groups is 1. The lowest BCUT2D eigenvalue weighted by Crippen LogP contribution is -2.23. The van der Waals surface area contributed by atoms with E-state index in [1.807, 2.05) is 24.3 Å². The fraction of sp³-hybridized carbons (Fsp3) is 0.167. The van der Waals surface area contributed by atoms with Crippen LogP contribution in [0.4, 0.5) is 10.1 Å². The Kier molecular flexibility index (Phi) is 5.98. The van der Waals surface area contributed by atoms with E-state index in [1.165, 1.54) is 23.9 Å². The summed E-state index contributed by atoms with van der Waals surface area (Å²) in [5.74, 6) is -0.0947. The van der Waals surface area contributed by atoms with Crippen LogP contribution in [0.2, 0.25) is 5.02 Å². The molecule has 0 aliphatic rings. The van der Waals surface area contributed by atoms with Gasteiger partial charge in [-0.1, -0.05) is 35.5 Å². The molecule has 1 heterocycles. The third-order valence-corrected chi connectivity index (χ3v) is 5.07. The van der Waals surface area contributed by atoms with Gasteiger partial charge in [-0.2, -0.15) is 0 Å². The van der Waals surface area contributed by atoms with Crippen molar-refractivity contribution in [2.75, 3.05) is 12.4 Å². The molecular formula is C18H16ClFN4O2S. The van der Waals surface area contributed by atoms with Gasteiger partial charge < -0.3 is 10.1 Å². The summed E-state index contributed by atoms with van der Waals surface area (Å²) in [6.45, 7) is 1.73. The molecule has 0 saturated heterocycles. The van der Waals surface area contributed by atoms with Gasteiger partial charge in [-0.3, -0.25) is 9.36 Å². The van der Waals surface area contributed by atoms with Gasteiger partial charge in [-0.15, -0.1) is 10.2 Å². The predicted molar refractivity (Wildman–Crippen MR) is 103 cm³/mol. The van der Waals surface area contributed by atoms with Crippen LogP contribution in [0, 0.1) is 5.82 Å². The standard InChI is InChI=1S/C18H16ClFN4O2S/c1-11(17(25)22-14-8-7-12(20)9-13(14)19)27-18-23-21-10-24(18)15-5-3-4-6-16(15)26-2/h3-11H,1-2H3,(H,22,25). The molecule has 1 aromatic heterocycles. The summed E-state index contributed by atoms with van der Waals surface area (Å²) in [5.41, 5.74) is 1.11. The molecule has 1 unspecified atom stereocenters. The second-order valence-corrected chi connectivity index (χ2v) is 7.24. The first-order chi connectivity index (χ1) is 13.0. The van der Waals surface area contributed by atoms with Gasteiger partial charge in [-0.25, -0.2) is 4.39 Å². The Morgan fingerprint density at radius 3 is 2.85 bits per heavy atom. The van der Waals surface area contributed by atoms with E-state index in [0.29, 0.717) is 16.6 Å².